The molecule has 0 aliphatic carbocycles. The minimum atomic E-state index is -0.906. The lowest BCUT2D eigenvalue weighted by atomic mass is 10.2. The molecular weight excluding hydrogens is 316 g/mol. The highest BCUT2D eigenvalue weighted by Crippen LogP contribution is 2.29. The molecule has 0 fully saturated rings. The molecule has 6 heteroatoms. The molecule has 1 heterocycles. The van der Waals surface area contributed by atoms with Gasteiger partial charge in [-0.1, -0.05) is 15.9 Å². The molecule has 0 radical (unpaired) electrons. The standard InChI is InChI=1S/C12H11BrN2O2S/c1-15-6-8(5-14-15)7-18-11-4-9(13)2-3-10(11)12(16)17/h2-6H,7H2,1H3,(H,16,17). The monoisotopic (exact) mass is 326 g/mol. The van der Waals surface area contributed by atoms with Crippen molar-refractivity contribution in [3.05, 3.63) is 46.2 Å². The highest BCUT2D eigenvalue weighted by atomic mass is 79.9. The van der Waals surface area contributed by atoms with E-state index in [0.717, 1.165) is 14.9 Å². The molecule has 0 saturated carbocycles. The van der Waals surface area contributed by atoms with E-state index in [1.54, 1.807) is 23.0 Å². The lowest BCUT2D eigenvalue weighted by molar-refractivity contribution is 0.0693. The summed E-state index contributed by atoms with van der Waals surface area (Å²) in [7, 11) is 1.86. The number of benzene rings is 1. The Morgan fingerprint density at radius 3 is 2.94 bits per heavy atom. The zero-order valence-electron chi connectivity index (χ0n) is 9.63. The van der Waals surface area contributed by atoms with Crippen molar-refractivity contribution in [1.82, 2.24) is 9.78 Å². The second-order valence-corrected chi connectivity index (χ2v) is 5.69. The van der Waals surface area contributed by atoms with Crippen molar-refractivity contribution in [2.75, 3.05) is 0 Å². The van der Waals surface area contributed by atoms with Gasteiger partial charge in [-0.3, -0.25) is 4.68 Å². The second kappa shape index (κ2) is 5.58. The number of carbonyl (C=O) groups is 1. The van der Waals surface area contributed by atoms with Gasteiger partial charge in [0.05, 0.1) is 11.8 Å². The number of carboxylic acid groups (broad SMARTS) is 1. The highest BCUT2D eigenvalue weighted by molar-refractivity contribution is 9.10. The van der Waals surface area contributed by atoms with Crippen LogP contribution in [0.4, 0.5) is 0 Å². The number of thioether (sulfide) groups is 1. The maximum Gasteiger partial charge on any atom is 0.336 e. The normalized spacial score (nSPS) is 10.6. The van der Waals surface area contributed by atoms with Crippen LogP contribution in [0.25, 0.3) is 0 Å². The Hall–Kier alpha value is -1.27. The molecule has 1 aromatic carbocycles. The summed E-state index contributed by atoms with van der Waals surface area (Å²) in [5.41, 5.74) is 1.39. The number of nitrogens with zero attached hydrogens (tertiary/aromatic N) is 2. The van der Waals surface area contributed by atoms with Crippen LogP contribution in [0.3, 0.4) is 0 Å². The van der Waals surface area contributed by atoms with Crippen molar-refractivity contribution in [1.29, 1.82) is 0 Å². The summed E-state index contributed by atoms with van der Waals surface area (Å²) in [5, 5.41) is 13.2. The summed E-state index contributed by atoms with van der Waals surface area (Å²) < 4.78 is 2.61. The van der Waals surface area contributed by atoms with Gasteiger partial charge in [0.25, 0.3) is 0 Å². The SMILES string of the molecule is Cn1cc(CSc2cc(Br)ccc2C(=O)O)cn1. The Kier molecular flexibility index (Phi) is 4.08. The molecule has 2 rings (SSSR count). The molecule has 18 heavy (non-hydrogen) atoms. The number of aromatic nitrogens is 2. The van der Waals surface area contributed by atoms with E-state index in [9.17, 15) is 4.79 Å². The van der Waals surface area contributed by atoms with Crippen LogP contribution in [0.5, 0.6) is 0 Å². The molecule has 0 amide bonds. The number of carboxylic acids is 1. The van der Waals surface area contributed by atoms with Gasteiger partial charge in [-0.25, -0.2) is 4.79 Å². The zero-order valence-corrected chi connectivity index (χ0v) is 12.0. The number of halogens is 1. The van der Waals surface area contributed by atoms with Crippen molar-refractivity contribution in [2.45, 2.75) is 10.6 Å². The van der Waals surface area contributed by atoms with Crippen molar-refractivity contribution in [2.24, 2.45) is 7.05 Å². The molecule has 2 aromatic rings. The van der Waals surface area contributed by atoms with E-state index in [2.05, 4.69) is 21.0 Å². The Morgan fingerprint density at radius 2 is 2.33 bits per heavy atom. The van der Waals surface area contributed by atoms with Crippen molar-refractivity contribution in [3.8, 4) is 0 Å². The average molecular weight is 327 g/mol. The first-order valence-corrected chi connectivity index (χ1v) is 6.97. The fourth-order valence-electron chi connectivity index (χ4n) is 1.50. The van der Waals surface area contributed by atoms with Crippen LogP contribution >= 0.6 is 27.7 Å². The fraction of sp³-hybridized carbons (Fsp3) is 0.167. The Balaban J connectivity index is 2.17. The predicted octanol–water partition coefficient (Wildman–Crippen LogP) is 3.17. The van der Waals surface area contributed by atoms with Crippen LogP contribution in [0.1, 0.15) is 15.9 Å². The summed E-state index contributed by atoms with van der Waals surface area (Å²) in [6.07, 6.45) is 3.71. The van der Waals surface area contributed by atoms with Crippen molar-refractivity contribution in [3.63, 3.8) is 0 Å². The van der Waals surface area contributed by atoms with Crippen molar-refractivity contribution < 1.29 is 9.90 Å². The number of rotatable bonds is 4. The number of hydrogen-bond donors (Lipinski definition) is 1. The number of hydrogen-bond acceptors (Lipinski definition) is 3. The molecule has 0 unspecified atom stereocenters. The molecule has 4 nitrogen and oxygen atoms in total. The van der Waals surface area contributed by atoms with Gasteiger partial charge in [-0.15, -0.1) is 11.8 Å². The van der Waals surface area contributed by atoms with E-state index < -0.39 is 5.97 Å². The van der Waals surface area contributed by atoms with E-state index in [1.807, 2.05) is 19.3 Å². The third-order valence-corrected chi connectivity index (χ3v) is 3.95. The number of aryl methyl sites for hydroxylation is 1. The summed E-state index contributed by atoms with van der Waals surface area (Å²) in [5.74, 6) is -0.207. The third kappa shape index (κ3) is 3.14. The lowest BCUT2D eigenvalue weighted by Crippen LogP contribution is -1.98. The molecule has 0 aliphatic heterocycles. The first kappa shape index (κ1) is 13.2. The molecule has 0 aliphatic rings. The average Bonchev–Trinajstić information content (AvgIpc) is 2.72. The first-order valence-electron chi connectivity index (χ1n) is 5.19. The molecule has 0 atom stereocenters. The van der Waals surface area contributed by atoms with Gasteiger partial charge in [0.15, 0.2) is 0 Å². The molecule has 1 N–H and O–H groups in total. The topological polar surface area (TPSA) is 55.1 Å². The lowest BCUT2D eigenvalue weighted by Gasteiger charge is -2.05. The largest absolute Gasteiger partial charge is 0.478 e. The predicted molar refractivity (Wildman–Crippen MR) is 73.9 cm³/mol. The van der Waals surface area contributed by atoms with E-state index in [1.165, 1.54) is 11.8 Å². The van der Waals surface area contributed by atoms with Gasteiger partial charge < -0.3 is 5.11 Å². The van der Waals surface area contributed by atoms with Crippen LogP contribution in [-0.4, -0.2) is 20.9 Å². The summed E-state index contributed by atoms with van der Waals surface area (Å²) in [6.45, 7) is 0. The fourth-order valence-corrected chi connectivity index (χ4v) is 3.00. The number of aromatic carboxylic acids is 1. The smallest absolute Gasteiger partial charge is 0.336 e. The van der Waals surface area contributed by atoms with Gasteiger partial charge in [-0.05, 0) is 18.2 Å². The van der Waals surface area contributed by atoms with E-state index in [-0.39, 0.29) is 0 Å². The van der Waals surface area contributed by atoms with Crippen LogP contribution in [0.2, 0.25) is 0 Å². The van der Waals surface area contributed by atoms with Gasteiger partial charge >= 0.3 is 5.97 Å². The molecular formula is C12H11BrN2O2S. The summed E-state index contributed by atoms with van der Waals surface area (Å²) >= 11 is 4.84. The van der Waals surface area contributed by atoms with Crippen LogP contribution in [0.15, 0.2) is 40.0 Å². The van der Waals surface area contributed by atoms with Crippen LogP contribution in [0, 0.1) is 0 Å². The molecule has 0 spiro atoms. The van der Waals surface area contributed by atoms with E-state index in [0.29, 0.717) is 11.3 Å². The van der Waals surface area contributed by atoms with Gasteiger partial charge in [-0.2, -0.15) is 5.10 Å². The Labute approximate surface area is 117 Å². The van der Waals surface area contributed by atoms with Crippen molar-refractivity contribution >= 4 is 33.7 Å². The quantitative estimate of drug-likeness (QED) is 0.877. The zero-order chi connectivity index (χ0) is 13.1. The first-order chi connectivity index (χ1) is 8.56. The third-order valence-electron chi connectivity index (χ3n) is 2.33. The Morgan fingerprint density at radius 1 is 1.56 bits per heavy atom. The Bertz CT molecular complexity index is 583. The van der Waals surface area contributed by atoms with Crippen LogP contribution in [-0.2, 0) is 12.8 Å². The molecule has 0 bridgehead atoms. The minimum absolute atomic E-state index is 0.326. The summed E-state index contributed by atoms with van der Waals surface area (Å²) in [4.78, 5) is 11.9. The summed E-state index contributed by atoms with van der Waals surface area (Å²) in [6, 6.07) is 5.17. The molecule has 94 valence electrons. The highest BCUT2D eigenvalue weighted by Gasteiger charge is 2.11. The maximum atomic E-state index is 11.1. The van der Waals surface area contributed by atoms with Gasteiger partial charge in [0, 0.05) is 33.9 Å². The molecule has 0 saturated heterocycles. The second-order valence-electron chi connectivity index (χ2n) is 3.76. The minimum Gasteiger partial charge on any atom is -0.478 e. The van der Waals surface area contributed by atoms with Crippen LogP contribution < -0.4 is 0 Å². The molecule has 1 aromatic heterocycles. The van der Waals surface area contributed by atoms with Gasteiger partial charge in [0.1, 0.15) is 0 Å². The van der Waals surface area contributed by atoms with E-state index in [4.69, 9.17) is 5.11 Å². The van der Waals surface area contributed by atoms with E-state index >= 15 is 0 Å². The maximum absolute atomic E-state index is 11.1. The van der Waals surface area contributed by atoms with Gasteiger partial charge in [0.2, 0.25) is 0 Å².